The van der Waals surface area contributed by atoms with Crippen molar-refractivity contribution in [3.8, 4) is 11.5 Å². The molecule has 0 aliphatic rings. The second-order valence-corrected chi connectivity index (χ2v) is 5.65. The zero-order valence-corrected chi connectivity index (χ0v) is 14.2. The summed E-state index contributed by atoms with van der Waals surface area (Å²) in [5, 5.41) is 25.6. The van der Waals surface area contributed by atoms with E-state index in [0.717, 1.165) is 11.3 Å². The summed E-state index contributed by atoms with van der Waals surface area (Å²) < 4.78 is 28.9. The second-order valence-electron chi connectivity index (χ2n) is 5.65. The van der Waals surface area contributed by atoms with E-state index in [1.54, 1.807) is 7.11 Å². The van der Waals surface area contributed by atoms with Gasteiger partial charge in [0.1, 0.15) is 11.5 Å². The molecule has 2 rings (SSSR count). The van der Waals surface area contributed by atoms with Crippen LogP contribution in [-0.2, 0) is 11.2 Å². The molecule has 134 valence electrons. The molecule has 0 heterocycles. The Balaban J connectivity index is 2.09. The molecule has 25 heavy (non-hydrogen) atoms. The fourth-order valence-corrected chi connectivity index (χ4v) is 2.35. The van der Waals surface area contributed by atoms with Crippen molar-refractivity contribution in [3.63, 3.8) is 0 Å². The second kappa shape index (κ2) is 9.05. The first-order chi connectivity index (χ1) is 13.3. The molecule has 2 aromatic rings. The average molecular weight is 347 g/mol. The minimum atomic E-state index is -1.25. The minimum Gasteiger partial charge on any atom is -0.506 e. The van der Waals surface area contributed by atoms with Gasteiger partial charge in [0, 0.05) is 12.6 Å². The van der Waals surface area contributed by atoms with Crippen LogP contribution in [0.5, 0.6) is 11.5 Å². The minimum absolute atomic E-state index is 0.00781. The number of carbonyl (C=O) groups excluding carboxylic acids is 1. The number of carbonyl (C=O) groups is 1. The number of hydrogen-bond donors (Lipinski definition) is 4. The van der Waals surface area contributed by atoms with Crippen molar-refractivity contribution in [3.05, 3.63) is 53.5 Å². The van der Waals surface area contributed by atoms with E-state index in [9.17, 15) is 15.0 Å². The third-order valence-electron chi connectivity index (χ3n) is 3.71. The van der Waals surface area contributed by atoms with Crippen molar-refractivity contribution in [2.24, 2.45) is 0 Å². The number of methoxy groups -OCH3 is 1. The predicted molar refractivity (Wildman–Crippen MR) is 96.9 cm³/mol. The Hall–Kier alpha value is -2.57. The van der Waals surface area contributed by atoms with E-state index < -0.39 is 23.9 Å². The number of nitrogens with one attached hydrogen (secondary N) is 2. The van der Waals surface area contributed by atoms with Crippen molar-refractivity contribution in [2.45, 2.75) is 25.5 Å². The van der Waals surface area contributed by atoms with Gasteiger partial charge in [0.05, 0.1) is 23.0 Å². The van der Waals surface area contributed by atoms with E-state index in [1.807, 2.05) is 31.2 Å². The summed E-state index contributed by atoms with van der Waals surface area (Å²) in [7, 11) is 1.60. The van der Waals surface area contributed by atoms with E-state index in [-0.39, 0.29) is 36.3 Å². The number of rotatable bonds is 9. The van der Waals surface area contributed by atoms with Crippen LogP contribution in [0.4, 0.5) is 5.69 Å². The summed E-state index contributed by atoms with van der Waals surface area (Å²) in [6.07, 6.45) is -0.299. The molecule has 6 nitrogen and oxygen atoms in total. The third-order valence-corrected chi connectivity index (χ3v) is 3.71. The first-order valence-corrected chi connectivity index (χ1v) is 7.87. The van der Waals surface area contributed by atoms with Gasteiger partial charge in [-0.15, -0.1) is 0 Å². The standard InChI is InChI=1S/C19H24N2O4/c1-13(9-14-3-6-16(25-2)7-4-14)20-11-19(24)15-5-8-18(23)17(10-15)21-12-22/h3-8,10,12-13,19-20,23-24H,9,11H2,1-2H3,(H,21,22)/t13-,19+/m1/s1/i5D,8D,10D. The molecule has 6 heteroatoms. The van der Waals surface area contributed by atoms with E-state index in [0.29, 0.717) is 6.42 Å². The van der Waals surface area contributed by atoms with Crippen LogP contribution >= 0.6 is 0 Å². The number of benzene rings is 2. The Kier molecular flexibility index (Phi) is 5.34. The van der Waals surface area contributed by atoms with Gasteiger partial charge in [-0.1, -0.05) is 18.2 Å². The molecule has 1 amide bonds. The van der Waals surface area contributed by atoms with Gasteiger partial charge in [0.2, 0.25) is 6.41 Å². The molecule has 0 bridgehead atoms. The maximum Gasteiger partial charge on any atom is 0.211 e. The lowest BCUT2D eigenvalue weighted by Gasteiger charge is -2.18. The largest absolute Gasteiger partial charge is 0.506 e. The topological polar surface area (TPSA) is 90.8 Å². The Morgan fingerprint density at radius 3 is 2.68 bits per heavy atom. The summed E-state index contributed by atoms with van der Waals surface area (Å²) in [6.45, 7) is 1.98. The lowest BCUT2D eigenvalue weighted by Crippen LogP contribution is -2.32. The number of hydrogen-bond acceptors (Lipinski definition) is 5. The molecular weight excluding hydrogens is 320 g/mol. The van der Waals surface area contributed by atoms with Crippen LogP contribution in [0.1, 0.15) is 28.3 Å². The van der Waals surface area contributed by atoms with Crippen molar-refractivity contribution < 1.29 is 23.9 Å². The maximum atomic E-state index is 10.7. The summed E-state index contributed by atoms with van der Waals surface area (Å²) >= 11 is 0. The first-order valence-electron chi connectivity index (χ1n) is 9.37. The van der Waals surface area contributed by atoms with Crippen molar-refractivity contribution in [1.29, 1.82) is 0 Å². The van der Waals surface area contributed by atoms with E-state index in [4.69, 9.17) is 8.85 Å². The lowest BCUT2D eigenvalue weighted by molar-refractivity contribution is -0.105. The molecule has 0 aliphatic heterocycles. The molecule has 0 unspecified atom stereocenters. The van der Waals surface area contributed by atoms with Crippen LogP contribution in [-0.4, -0.2) is 36.3 Å². The molecule has 0 radical (unpaired) electrons. The molecule has 0 aliphatic carbocycles. The van der Waals surface area contributed by atoms with Crippen LogP contribution in [0.15, 0.2) is 42.4 Å². The summed E-state index contributed by atoms with van der Waals surface area (Å²) in [4.78, 5) is 10.7. The highest BCUT2D eigenvalue weighted by molar-refractivity contribution is 5.75. The molecule has 0 fully saturated rings. The van der Waals surface area contributed by atoms with Gasteiger partial charge in [0.15, 0.2) is 0 Å². The summed E-state index contributed by atoms with van der Waals surface area (Å²) in [6, 6.07) is 6.22. The van der Waals surface area contributed by atoms with Gasteiger partial charge in [-0.25, -0.2) is 0 Å². The van der Waals surface area contributed by atoms with Crippen LogP contribution in [0.3, 0.4) is 0 Å². The van der Waals surface area contributed by atoms with Gasteiger partial charge in [0.25, 0.3) is 0 Å². The number of phenols is 1. The van der Waals surface area contributed by atoms with Crippen molar-refractivity contribution in [1.82, 2.24) is 5.32 Å². The van der Waals surface area contributed by atoms with Crippen LogP contribution in [0, 0.1) is 0 Å². The highest BCUT2D eigenvalue weighted by Gasteiger charge is 2.12. The van der Waals surface area contributed by atoms with Crippen LogP contribution in [0.2, 0.25) is 0 Å². The molecule has 2 atom stereocenters. The Bertz CT molecular complexity index is 831. The molecule has 0 aromatic heterocycles. The zero-order valence-electron chi connectivity index (χ0n) is 17.2. The monoisotopic (exact) mass is 347 g/mol. The number of aliphatic hydroxyl groups excluding tert-OH is 1. The average Bonchev–Trinajstić information content (AvgIpc) is 2.69. The van der Waals surface area contributed by atoms with Crippen LogP contribution in [0.25, 0.3) is 0 Å². The van der Waals surface area contributed by atoms with E-state index >= 15 is 0 Å². The maximum absolute atomic E-state index is 10.7. The first kappa shape index (κ1) is 14.7. The number of amides is 1. The molecule has 0 saturated carbocycles. The summed E-state index contributed by atoms with van der Waals surface area (Å²) in [5.41, 5.74) is 0.654. The van der Waals surface area contributed by atoms with Gasteiger partial charge in [-0.2, -0.15) is 0 Å². The smallest absolute Gasteiger partial charge is 0.211 e. The van der Waals surface area contributed by atoms with Crippen LogP contribution < -0.4 is 15.4 Å². The number of phenolic OH excluding ortho intramolecular Hbond substituents is 1. The molecular formula is C19H24N2O4. The van der Waals surface area contributed by atoms with E-state index in [1.165, 1.54) is 0 Å². The molecule has 0 saturated heterocycles. The highest BCUT2D eigenvalue weighted by Crippen LogP contribution is 2.26. The Morgan fingerprint density at radius 2 is 2.04 bits per heavy atom. The Morgan fingerprint density at radius 1 is 1.32 bits per heavy atom. The van der Waals surface area contributed by atoms with Gasteiger partial charge >= 0.3 is 0 Å². The fraction of sp³-hybridized carbons (Fsp3) is 0.316. The lowest BCUT2D eigenvalue weighted by atomic mass is 10.1. The quantitative estimate of drug-likeness (QED) is 0.412. The number of anilines is 1. The number of aromatic hydroxyl groups is 1. The zero-order chi connectivity index (χ0) is 20.8. The fourth-order valence-electron chi connectivity index (χ4n) is 2.35. The summed E-state index contributed by atoms with van der Waals surface area (Å²) in [5.74, 6) is 0.0999. The predicted octanol–water partition coefficient (Wildman–Crippen LogP) is 2.22. The molecule has 0 spiro atoms. The third kappa shape index (κ3) is 5.48. The normalized spacial score (nSPS) is 14.8. The van der Waals surface area contributed by atoms with Gasteiger partial charge in [-0.3, -0.25) is 4.79 Å². The Labute approximate surface area is 151 Å². The van der Waals surface area contributed by atoms with E-state index in [2.05, 4.69) is 10.6 Å². The molecule has 2 aromatic carbocycles. The van der Waals surface area contributed by atoms with Gasteiger partial charge in [-0.05, 0) is 48.7 Å². The highest BCUT2D eigenvalue weighted by atomic mass is 16.5. The van der Waals surface area contributed by atoms with Gasteiger partial charge < -0.3 is 25.6 Å². The van der Waals surface area contributed by atoms with Crippen molar-refractivity contribution >= 4 is 12.1 Å². The number of aliphatic hydroxyl groups is 1. The number of ether oxygens (including phenoxy) is 1. The SMILES string of the molecule is [2H]c1c([2H])c([C@@H](O)CN[C@H](C)Cc2ccc(OC)cc2)c([2H])c(NC=O)c1O. The van der Waals surface area contributed by atoms with Crippen molar-refractivity contribution in [2.75, 3.05) is 19.0 Å². The molecule has 4 N–H and O–H groups in total.